The van der Waals surface area contributed by atoms with Crippen LogP contribution in [-0.2, 0) is 12.0 Å². The predicted octanol–water partition coefficient (Wildman–Crippen LogP) is 1.54. The van der Waals surface area contributed by atoms with E-state index in [0.717, 1.165) is 11.7 Å². The second-order valence-corrected chi connectivity index (χ2v) is 6.32. The zero-order valence-electron chi connectivity index (χ0n) is 11.8. The summed E-state index contributed by atoms with van der Waals surface area (Å²) in [7, 11) is 2.08. The van der Waals surface area contributed by atoms with E-state index in [4.69, 9.17) is 10.3 Å². The third kappa shape index (κ3) is 3.09. The van der Waals surface area contributed by atoms with E-state index in [0.29, 0.717) is 25.0 Å². The number of hydrogen-bond donors (Lipinski definition) is 1. The van der Waals surface area contributed by atoms with Crippen LogP contribution in [-0.4, -0.2) is 34.7 Å². The summed E-state index contributed by atoms with van der Waals surface area (Å²) in [5.74, 6) is 2.20. The van der Waals surface area contributed by atoms with Crippen molar-refractivity contribution in [3.8, 4) is 0 Å². The minimum Gasteiger partial charge on any atom is -0.338 e. The second kappa shape index (κ2) is 4.97. The first-order valence-corrected chi connectivity index (χ1v) is 6.65. The summed E-state index contributed by atoms with van der Waals surface area (Å²) in [4.78, 5) is 6.69. The van der Waals surface area contributed by atoms with Crippen LogP contribution in [0.15, 0.2) is 4.52 Å². The predicted molar refractivity (Wildman–Crippen MR) is 70.0 cm³/mol. The van der Waals surface area contributed by atoms with E-state index < -0.39 is 0 Å². The van der Waals surface area contributed by atoms with Crippen LogP contribution < -0.4 is 5.73 Å². The number of nitrogens with two attached hydrogens (primary N) is 1. The Labute approximate surface area is 109 Å². The Hall–Kier alpha value is -0.940. The molecule has 0 spiro atoms. The molecule has 5 nitrogen and oxygen atoms in total. The number of likely N-dealkylation sites (N-methyl/N-ethyl adjacent to an activating group) is 1. The maximum Gasteiger partial charge on any atom is 0.240 e. The van der Waals surface area contributed by atoms with Gasteiger partial charge in [0, 0.05) is 18.0 Å². The third-order valence-electron chi connectivity index (χ3n) is 3.50. The van der Waals surface area contributed by atoms with Crippen LogP contribution in [0.4, 0.5) is 0 Å². The van der Waals surface area contributed by atoms with Crippen LogP contribution >= 0.6 is 0 Å². The van der Waals surface area contributed by atoms with E-state index in [2.05, 4.69) is 42.9 Å². The first kappa shape index (κ1) is 13.5. The molecule has 1 aromatic heterocycles. The van der Waals surface area contributed by atoms with E-state index in [1.807, 2.05) is 0 Å². The van der Waals surface area contributed by atoms with Crippen molar-refractivity contribution in [2.75, 3.05) is 13.6 Å². The molecule has 1 aromatic rings. The highest BCUT2D eigenvalue weighted by Crippen LogP contribution is 2.34. The normalized spacial score (nSPS) is 18.3. The number of nitrogens with zero attached hydrogens (tertiary/aromatic N) is 3. The van der Waals surface area contributed by atoms with Crippen molar-refractivity contribution in [1.29, 1.82) is 0 Å². The fourth-order valence-corrected chi connectivity index (χ4v) is 2.17. The van der Waals surface area contributed by atoms with E-state index in [1.54, 1.807) is 0 Å². The van der Waals surface area contributed by atoms with Crippen molar-refractivity contribution in [3.63, 3.8) is 0 Å². The Balaban J connectivity index is 1.98. The van der Waals surface area contributed by atoms with Crippen molar-refractivity contribution in [2.45, 2.75) is 51.6 Å². The molecule has 2 N–H and O–H groups in total. The van der Waals surface area contributed by atoms with Gasteiger partial charge >= 0.3 is 0 Å². The van der Waals surface area contributed by atoms with Crippen LogP contribution in [0.1, 0.15) is 45.3 Å². The van der Waals surface area contributed by atoms with Gasteiger partial charge < -0.3 is 10.3 Å². The Morgan fingerprint density at radius 3 is 2.56 bits per heavy atom. The Morgan fingerprint density at radius 2 is 2.11 bits per heavy atom. The zero-order chi connectivity index (χ0) is 13.3. The summed E-state index contributed by atoms with van der Waals surface area (Å²) >= 11 is 0. The van der Waals surface area contributed by atoms with Gasteiger partial charge in [0.15, 0.2) is 5.82 Å². The standard InChI is InChI=1S/C13H24N4O/c1-13(2,3)12-15-11(18-16-12)8-17(4)10(7-14)9-5-6-9/h9-10H,5-8,14H2,1-4H3. The fourth-order valence-electron chi connectivity index (χ4n) is 2.17. The van der Waals surface area contributed by atoms with Gasteiger partial charge in [-0.2, -0.15) is 4.98 Å². The average Bonchev–Trinajstić information content (AvgIpc) is 2.97. The SMILES string of the molecule is CN(Cc1nc(C(C)(C)C)no1)C(CN)C1CC1. The Bertz CT molecular complexity index is 392. The summed E-state index contributed by atoms with van der Waals surface area (Å²) in [5, 5.41) is 4.04. The quantitative estimate of drug-likeness (QED) is 0.861. The third-order valence-corrected chi connectivity index (χ3v) is 3.50. The molecule has 2 rings (SSSR count). The maximum absolute atomic E-state index is 5.83. The zero-order valence-corrected chi connectivity index (χ0v) is 11.8. The van der Waals surface area contributed by atoms with Gasteiger partial charge in [0.05, 0.1) is 6.54 Å². The number of aromatic nitrogens is 2. The van der Waals surface area contributed by atoms with Gasteiger partial charge in [-0.05, 0) is 25.8 Å². The van der Waals surface area contributed by atoms with Crippen molar-refractivity contribution in [3.05, 3.63) is 11.7 Å². The highest BCUT2D eigenvalue weighted by Gasteiger charge is 2.33. The Kier molecular flexibility index (Phi) is 3.73. The molecule has 1 fully saturated rings. The molecule has 5 heteroatoms. The minimum atomic E-state index is -0.0654. The summed E-state index contributed by atoms with van der Waals surface area (Å²) in [6.07, 6.45) is 2.59. The monoisotopic (exact) mass is 252 g/mol. The smallest absolute Gasteiger partial charge is 0.240 e. The van der Waals surface area contributed by atoms with Gasteiger partial charge in [0.2, 0.25) is 5.89 Å². The molecule has 0 aromatic carbocycles. The van der Waals surface area contributed by atoms with Gasteiger partial charge in [-0.3, -0.25) is 4.90 Å². The first-order valence-electron chi connectivity index (χ1n) is 6.65. The molecule has 0 radical (unpaired) electrons. The molecular weight excluding hydrogens is 228 g/mol. The van der Waals surface area contributed by atoms with Crippen LogP contribution in [0.25, 0.3) is 0 Å². The highest BCUT2D eigenvalue weighted by atomic mass is 16.5. The largest absolute Gasteiger partial charge is 0.338 e. The lowest BCUT2D eigenvalue weighted by Gasteiger charge is -2.25. The van der Waals surface area contributed by atoms with E-state index in [1.165, 1.54) is 12.8 Å². The molecule has 18 heavy (non-hydrogen) atoms. The number of rotatable bonds is 5. The lowest BCUT2D eigenvalue weighted by molar-refractivity contribution is 0.189. The summed E-state index contributed by atoms with van der Waals surface area (Å²) in [6, 6.07) is 0.440. The maximum atomic E-state index is 5.83. The van der Waals surface area contributed by atoms with Gasteiger partial charge in [-0.25, -0.2) is 0 Å². The minimum absolute atomic E-state index is 0.0654. The van der Waals surface area contributed by atoms with Crippen molar-refractivity contribution < 1.29 is 4.52 Å². The van der Waals surface area contributed by atoms with Crippen molar-refractivity contribution in [1.82, 2.24) is 15.0 Å². The van der Waals surface area contributed by atoms with E-state index >= 15 is 0 Å². The molecule has 1 aliphatic rings. The van der Waals surface area contributed by atoms with Crippen LogP contribution in [0.3, 0.4) is 0 Å². The molecule has 0 amide bonds. The van der Waals surface area contributed by atoms with Crippen molar-refractivity contribution >= 4 is 0 Å². The topological polar surface area (TPSA) is 68.2 Å². The molecule has 1 aliphatic carbocycles. The summed E-state index contributed by atoms with van der Waals surface area (Å²) < 4.78 is 5.31. The van der Waals surface area contributed by atoms with Gasteiger partial charge in [-0.1, -0.05) is 25.9 Å². The molecule has 1 heterocycles. The summed E-state index contributed by atoms with van der Waals surface area (Å²) in [5.41, 5.74) is 5.77. The molecule has 0 saturated heterocycles. The van der Waals surface area contributed by atoms with Crippen LogP contribution in [0, 0.1) is 5.92 Å². The lowest BCUT2D eigenvalue weighted by Crippen LogP contribution is -2.39. The van der Waals surface area contributed by atoms with E-state index in [9.17, 15) is 0 Å². The molecule has 102 valence electrons. The highest BCUT2D eigenvalue weighted by molar-refractivity contribution is 5.00. The second-order valence-electron chi connectivity index (χ2n) is 6.32. The average molecular weight is 252 g/mol. The van der Waals surface area contributed by atoms with Gasteiger partial charge in [0.1, 0.15) is 0 Å². The fraction of sp³-hybridized carbons (Fsp3) is 0.846. The lowest BCUT2D eigenvalue weighted by atomic mass is 9.96. The number of hydrogen-bond acceptors (Lipinski definition) is 5. The van der Waals surface area contributed by atoms with E-state index in [-0.39, 0.29) is 5.41 Å². The molecular formula is C13H24N4O. The Morgan fingerprint density at radius 1 is 1.44 bits per heavy atom. The molecule has 0 bridgehead atoms. The first-order chi connectivity index (χ1) is 8.41. The van der Waals surface area contributed by atoms with Gasteiger partial charge in [-0.15, -0.1) is 0 Å². The van der Waals surface area contributed by atoms with Gasteiger partial charge in [0.25, 0.3) is 0 Å². The molecule has 1 atom stereocenters. The molecule has 1 unspecified atom stereocenters. The van der Waals surface area contributed by atoms with Crippen molar-refractivity contribution in [2.24, 2.45) is 11.7 Å². The molecule has 0 aliphatic heterocycles. The van der Waals surface area contributed by atoms with Crippen LogP contribution in [0.5, 0.6) is 0 Å². The van der Waals surface area contributed by atoms with Crippen LogP contribution in [0.2, 0.25) is 0 Å². The molecule has 1 saturated carbocycles. The summed E-state index contributed by atoms with van der Waals surface area (Å²) in [6.45, 7) is 7.62.